The van der Waals surface area contributed by atoms with E-state index < -0.39 is 18.6 Å². The molecule has 12 heteroatoms. The number of imidazole rings is 1. The minimum Gasteiger partial charge on any atom is -0.395 e. The second kappa shape index (κ2) is 9.79. The van der Waals surface area contributed by atoms with Gasteiger partial charge in [-0.25, -0.2) is 9.97 Å². The highest BCUT2D eigenvalue weighted by Crippen LogP contribution is 2.46. The van der Waals surface area contributed by atoms with E-state index in [1.807, 2.05) is 17.0 Å². The van der Waals surface area contributed by atoms with Crippen LogP contribution in [0.3, 0.4) is 0 Å². The fourth-order valence-corrected chi connectivity index (χ4v) is 6.22. The van der Waals surface area contributed by atoms with Crippen LogP contribution in [0.2, 0.25) is 0 Å². The van der Waals surface area contributed by atoms with Crippen molar-refractivity contribution in [1.29, 1.82) is 0 Å². The van der Waals surface area contributed by atoms with Crippen molar-refractivity contribution in [1.82, 2.24) is 34.4 Å². The van der Waals surface area contributed by atoms with E-state index in [1.165, 1.54) is 11.4 Å². The number of fused-ring (bicyclic) bond motifs is 3. The molecule has 2 bridgehead atoms. The third-order valence-corrected chi connectivity index (χ3v) is 8.45. The third kappa shape index (κ3) is 4.06. The molecule has 0 radical (unpaired) electrons. The number of nitrogens with one attached hydrogen (secondary N) is 1. The first-order valence-electron chi connectivity index (χ1n) is 13.4. The number of amides is 1. The summed E-state index contributed by atoms with van der Waals surface area (Å²) >= 11 is 0. The number of aromatic nitrogens is 6. The lowest BCUT2D eigenvalue weighted by atomic mass is 9.82. The van der Waals surface area contributed by atoms with E-state index in [0.29, 0.717) is 41.3 Å². The maximum Gasteiger partial charge on any atom is 0.233 e. The van der Waals surface area contributed by atoms with Crippen molar-refractivity contribution in [3.8, 4) is 22.6 Å². The summed E-state index contributed by atoms with van der Waals surface area (Å²) in [4.78, 5) is 44.9. The highest BCUT2D eigenvalue weighted by atomic mass is 16.3. The van der Waals surface area contributed by atoms with E-state index in [4.69, 9.17) is 10.7 Å². The van der Waals surface area contributed by atoms with Gasteiger partial charge in [-0.15, -0.1) is 0 Å². The minimum absolute atomic E-state index is 0.0736. The number of ketones is 1. The quantitative estimate of drug-likeness (QED) is 0.254. The lowest BCUT2D eigenvalue weighted by Gasteiger charge is -2.42. The molecule has 5 N–H and O–H groups in total. The number of carbonyl (C=O) groups is 2. The minimum atomic E-state index is -1.23. The molecule has 208 valence electrons. The van der Waals surface area contributed by atoms with Crippen LogP contribution in [0.15, 0.2) is 36.9 Å². The summed E-state index contributed by atoms with van der Waals surface area (Å²) in [6, 6.07) is 3.64. The lowest BCUT2D eigenvalue weighted by molar-refractivity contribution is -0.151. The average molecular weight is 545 g/mol. The van der Waals surface area contributed by atoms with Gasteiger partial charge in [0.15, 0.2) is 17.3 Å². The molecule has 4 aromatic heterocycles. The Hall–Kier alpha value is -4.16. The van der Waals surface area contributed by atoms with Crippen LogP contribution in [0.25, 0.3) is 28.3 Å². The van der Waals surface area contributed by atoms with E-state index in [9.17, 15) is 19.8 Å². The summed E-state index contributed by atoms with van der Waals surface area (Å²) in [5, 5.41) is 24.1. The first-order chi connectivity index (χ1) is 19.3. The Labute approximate surface area is 230 Å². The van der Waals surface area contributed by atoms with Crippen molar-refractivity contribution >= 4 is 23.2 Å². The Bertz CT molecular complexity index is 1560. The molecule has 2 atom stereocenters. The number of aliphatic hydroxyl groups is 2. The molecule has 4 aromatic rings. The summed E-state index contributed by atoms with van der Waals surface area (Å²) in [6.45, 7) is 2.21. The van der Waals surface area contributed by atoms with Crippen molar-refractivity contribution in [2.75, 3.05) is 18.9 Å². The van der Waals surface area contributed by atoms with Crippen molar-refractivity contribution in [2.45, 2.75) is 57.5 Å². The number of carbonyl (C=O) groups excluding carboxylic acids is 2. The van der Waals surface area contributed by atoms with Gasteiger partial charge in [0.25, 0.3) is 0 Å². The van der Waals surface area contributed by atoms with Crippen molar-refractivity contribution in [3.63, 3.8) is 0 Å². The summed E-state index contributed by atoms with van der Waals surface area (Å²) in [5.41, 5.74) is 9.06. The highest BCUT2D eigenvalue weighted by Gasteiger charge is 2.49. The molecule has 0 aromatic carbocycles. The number of rotatable bonds is 7. The van der Waals surface area contributed by atoms with Crippen molar-refractivity contribution in [3.05, 3.63) is 48.2 Å². The van der Waals surface area contributed by atoms with Gasteiger partial charge in [-0.2, -0.15) is 9.61 Å². The van der Waals surface area contributed by atoms with Gasteiger partial charge in [-0.3, -0.25) is 14.6 Å². The maximum atomic E-state index is 13.3. The van der Waals surface area contributed by atoms with Gasteiger partial charge in [0.2, 0.25) is 5.91 Å². The van der Waals surface area contributed by atoms with Crippen LogP contribution >= 0.6 is 0 Å². The van der Waals surface area contributed by atoms with Crippen LogP contribution in [0.1, 0.15) is 61.5 Å². The standard InChI is InChI=1S/C28H32N8O4/c1-15(39)22-23(17-9-18-4-5-19(10-17)35(18)27(40)28(2,13-37)14-38)34-26-20(12-33-36(26)24(22)29)16-3-6-21(32-11-16)25-30-7-8-31-25/h3,6-8,11-12,17-19,37-38H,4-5,9-10,13-14,29H2,1-2H3,(H,30,31). The second-order valence-electron chi connectivity index (χ2n) is 11.1. The van der Waals surface area contributed by atoms with Gasteiger partial charge in [0, 0.05) is 47.7 Å². The Kier molecular flexibility index (Phi) is 6.38. The summed E-state index contributed by atoms with van der Waals surface area (Å²) < 4.78 is 1.50. The van der Waals surface area contributed by atoms with Crippen LogP contribution in [-0.2, 0) is 4.79 Å². The molecule has 6 rings (SSSR count). The first kappa shape index (κ1) is 26.1. The molecule has 2 aliphatic rings. The Morgan fingerprint density at radius 2 is 1.85 bits per heavy atom. The zero-order valence-corrected chi connectivity index (χ0v) is 22.4. The number of nitrogens with zero attached hydrogens (tertiary/aromatic N) is 6. The average Bonchev–Trinajstić information content (AvgIpc) is 3.70. The third-order valence-electron chi connectivity index (χ3n) is 8.45. The molecule has 0 aliphatic carbocycles. The summed E-state index contributed by atoms with van der Waals surface area (Å²) in [7, 11) is 0. The maximum absolute atomic E-state index is 13.3. The highest BCUT2D eigenvalue weighted by molar-refractivity contribution is 6.00. The predicted octanol–water partition coefficient (Wildman–Crippen LogP) is 2.19. The zero-order valence-electron chi connectivity index (χ0n) is 22.4. The Balaban J connectivity index is 1.38. The molecule has 2 saturated heterocycles. The SMILES string of the molecule is CC(=O)c1c(C2CC3CCC(C2)N3C(=O)C(C)(CO)CO)nc2c(-c3ccc(-c4ncc[nH]4)nc3)cnn2c1N. The van der Waals surface area contributed by atoms with Crippen molar-refractivity contribution in [2.24, 2.45) is 5.41 Å². The Morgan fingerprint density at radius 3 is 2.42 bits per heavy atom. The number of nitrogen functional groups attached to an aromatic ring is 1. The van der Waals surface area contributed by atoms with Crippen LogP contribution in [0.4, 0.5) is 5.82 Å². The van der Waals surface area contributed by atoms with E-state index in [0.717, 1.165) is 24.0 Å². The molecule has 2 aliphatic heterocycles. The molecular weight excluding hydrogens is 512 g/mol. The molecule has 2 unspecified atom stereocenters. The largest absolute Gasteiger partial charge is 0.395 e. The lowest BCUT2D eigenvalue weighted by Crippen LogP contribution is -2.54. The van der Waals surface area contributed by atoms with Crippen LogP contribution in [0, 0.1) is 5.41 Å². The molecule has 1 amide bonds. The zero-order chi connectivity index (χ0) is 28.2. The van der Waals surface area contributed by atoms with E-state index in [2.05, 4.69) is 20.1 Å². The number of anilines is 1. The number of piperidine rings is 1. The molecule has 0 saturated carbocycles. The van der Waals surface area contributed by atoms with Gasteiger partial charge in [-0.05, 0) is 45.6 Å². The fraction of sp³-hybridized carbons (Fsp3) is 0.429. The predicted molar refractivity (Wildman–Crippen MR) is 146 cm³/mol. The second-order valence-corrected chi connectivity index (χ2v) is 11.1. The molecule has 40 heavy (non-hydrogen) atoms. The van der Waals surface area contributed by atoms with E-state index in [1.54, 1.807) is 31.7 Å². The first-order valence-corrected chi connectivity index (χ1v) is 13.4. The van der Waals surface area contributed by atoms with Crippen molar-refractivity contribution < 1.29 is 19.8 Å². The van der Waals surface area contributed by atoms with Gasteiger partial charge in [0.1, 0.15) is 11.5 Å². The number of pyridine rings is 1. The monoisotopic (exact) mass is 544 g/mol. The van der Waals surface area contributed by atoms with Gasteiger partial charge in [0.05, 0.1) is 36.1 Å². The Morgan fingerprint density at radius 1 is 1.12 bits per heavy atom. The number of aromatic amines is 1. The number of Topliss-reactive ketones (excluding diaryl/α,β-unsaturated/α-hetero) is 1. The molecule has 0 spiro atoms. The van der Waals surface area contributed by atoms with Crippen LogP contribution in [0.5, 0.6) is 0 Å². The number of nitrogens with two attached hydrogens (primary N) is 1. The number of hydrogen-bond donors (Lipinski definition) is 4. The summed E-state index contributed by atoms with van der Waals surface area (Å²) in [6.07, 6.45) is 9.67. The van der Waals surface area contributed by atoms with E-state index in [-0.39, 0.29) is 35.5 Å². The number of hydrogen-bond acceptors (Lipinski definition) is 9. The molecule has 12 nitrogen and oxygen atoms in total. The number of H-pyrrole nitrogens is 1. The van der Waals surface area contributed by atoms with E-state index >= 15 is 0 Å². The molecular formula is C28H32N8O4. The molecule has 2 fully saturated rings. The van der Waals surface area contributed by atoms with Gasteiger partial charge >= 0.3 is 0 Å². The fourth-order valence-electron chi connectivity index (χ4n) is 6.22. The number of aliphatic hydroxyl groups excluding tert-OH is 2. The normalized spacial score (nSPS) is 20.8. The summed E-state index contributed by atoms with van der Waals surface area (Å²) in [5.74, 6) is 0.381. The topological polar surface area (TPSA) is 176 Å². The van der Waals surface area contributed by atoms with Gasteiger partial charge in [-0.1, -0.05) is 6.07 Å². The van der Waals surface area contributed by atoms with Crippen LogP contribution < -0.4 is 5.73 Å². The smallest absolute Gasteiger partial charge is 0.233 e. The van der Waals surface area contributed by atoms with Gasteiger partial charge < -0.3 is 25.8 Å². The molecule has 6 heterocycles. The van der Waals surface area contributed by atoms with Crippen LogP contribution in [-0.4, -0.2) is 81.7 Å².